The molecule has 1 aliphatic rings. The summed E-state index contributed by atoms with van der Waals surface area (Å²) in [4.78, 5) is 0. The summed E-state index contributed by atoms with van der Waals surface area (Å²) < 4.78 is 0. The highest BCUT2D eigenvalue weighted by Gasteiger charge is 2.11. The van der Waals surface area contributed by atoms with Gasteiger partial charge in [-0.15, -0.1) is 0 Å². The molecule has 0 aromatic heterocycles. The van der Waals surface area contributed by atoms with E-state index < -0.39 is 0 Å². The number of rotatable bonds is 5. The third-order valence-corrected chi connectivity index (χ3v) is 4.05. The van der Waals surface area contributed by atoms with Gasteiger partial charge in [-0.2, -0.15) is 11.8 Å². The number of hydrogen-bond donors (Lipinski definition) is 1. The van der Waals surface area contributed by atoms with E-state index in [0.29, 0.717) is 6.04 Å². The zero-order valence-electron chi connectivity index (χ0n) is 9.46. The van der Waals surface area contributed by atoms with E-state index in [-0.39, 0.29) is 0 Å². The Kier molecular flexibility index (Phi) is 5.64. The largest absolute Gasteiger partial charge is 0.324 e. The number of nitrogens with two attached hydrogens (primary N) is 1. The van der Waals surface area contributed by atoms with E-state index in [1.165, 1.54) is 37.0 Å². The predicted molar refractivity (Wildman–Crippen MR) is 66.7 cm³/mol. The predicted octanol–water partition coefficient (Wildman–Crippen LogP) is 3.20. The van der Waals surface area contributed by atoms with Gasteiger partial charge in [0.1, 0.15) is 0 Å². The Morgan fingerprint density at radius 1 is 1.36 bits per heavy atom. The minimum absolute atomic E-state index is 0.319. The van der Waals surface area contributed by atoms with E-state index in [2.05, 4.69) is 19.9 Å². The van der Waals surface area contributed by atoms with Crippen LogP contribution in [-0.4, -0.2) is 17.5 Å². The Hall–Kier alpha value is 0.0500. The van der Waals surface area contributed by atoms with Crippen LogP contribution in [0.2, 0.25) is 0 Å². The first-order valence-corrected chi connectivity index (χ1v) is 6.88. The van der Waals surface area contributed by atoms with Crippen LogP contribution >= 0.6 is 11.8 Å². The van der Waals surface area contributed by atoms with E-state index in [9.17, 15) is 0 Å². The summed E-state index contributed by atoms with van der Waals surface area (Å²) in [5.74, 6) is 3.12. The van der Waals surface area contributed by atoms with Gasteiger partial charge in [0, 0.05) is 11.8 Å². The summed E-state index contributed by atoms with van der Waals surface area (Å²) in [7, 11) is 0. The van der Waals surface area contributed by atoms with Crippen molar-refractivity contribution < 1.29 is 0 Å². The van der Waals surface area contributed by atoms with Crippen LogP contribution in [0.4, 0.5) is 0 Å². The second kappa shape index (κ2) is 6.52. The molecule has 1 unspecified atom stereocenters. The molecule has 14 heavy (non-hydrogen) atoms. The normalized spacial score (nSPS) is 19.6. The Morgan fingerprint density at radius 2 is 2.14 bits per heavy atom. The van der Waals surface area contributed by atoms with Crippen LogP contribution in [0, 0.1) is 5.92 Å². The maximum atomic E-state index is 6.15. The Labute approximate surface area is 92.5 Å². The summed E-state index contributed by atoms with van der Waals surface area (Å²) >= 11 is 2.00. The van der Waals surface area contributed by atoms with Gasteiger partial charge < -0.3 is 5.73 Å². The molecular weight excluding hydrogens is 190 g/mol. The summed E-state index contributed by atoms with van der Waals surface area (Å²) in [6, 6.07) is 0.319. The van der Waals surface area contributed by atoms with Crippen LogP contribution in [0.3, 0.4) is 0 Å². The van der Waals surface area contributed by atoms with Gasteiger partial charge in [0.25, 0.3) is 0 Å². The average Bonchev–Trinajstić information content (AvgIpc) is 2.18. The molecule has 0 aliphatic heterocycles. The van der Waals surface area contributed by atoms with Gasteiger partial charge in [0.05, 0.1) is 0 Å². The molecule has 0 saturated heterocycles. The molecule has 0 fully saturated rings. The molecule has 0 radical (unpaired) electrons. The first-order chi connectivity index (χ1) is 6.70. The van der Waals surface area contributed by atoms with Gasteiger partial charge in [-0.05, 0) is 37.4 Å². The zero-order chi connectivity index (χ0) is 10.4. The van der Waals surface area contributed by atoms with Gasteiger partial charge >= 0.3 is 0 Å². The standard InChI is InChI=1S/C12H23NS/c1-10(2)8-14-9-12(13)11-6-4-3-5-7-11/h6,10,12H,3-5,7-9,13H2,1-2H3. The van der Waals surface area contributed by atoms with Gasteiger partial charge in [0.2, 0.25) is 0 Å². The maximum Gasteiger partial charge on any atom is 0.0345 e. The highest BCUT2D eigenvalue weighted by molar-refractivity contribution is 7.99. The van der Waals surface area contributed by atoms with Crippen LogP contribution in [0.15, 0.2) is 11.6 Å². The van der Waals surface area contributed by atoms with Crippen molar-refractivity contribution in [3.8, 4) is 0 Å². The van der Waals surface area contributed by atoms with Gasteiger partial charge in [-0.25, -0.2) is 0 Å². The second-order valence-electron chi connectivity index (χ2n) is 4.56. The smallest absolute Gasteiger partial charge is 0.0345 e. The first-order valence-electron chi connectivity index (χ1n) is 5.72. The molecule has 0 aromatic carbocycles. The number of thioether (sulfide) groups is 1. The quantitative estimate of drug-likeness (QED) is 0.710. The summed E-state index contributed by atoms with van der Waals surface area (Å²) in [5.41, 5.74) is 7.65. The van der Waals surface area contributed by atoms with E-state index in [0.717, 1.165) is 11.7 Å². The molecule has 0 saturated carbocycles. The fraction of sp³-hybridized carbons (Fsp3) is 0.833. The fourth-order valence-electron chi connectivity index (χ4n) is 1.74. The van der Waals surface area contributed by atoms with Gasteiger partial charge in [-0.3, -0.25) is 0 Å². The molecule has 0 amide bonds. The van der Waals surface area contributed by atoms with Gasteiger partial charge in [0.15, 0.2) is 0 Å². The van der Waals surface area contributed by atoms with E-state index in [1.807, 2.05) is 11.8 Å². The SMILES string of the molecule is CC(C)CSCC(N)C1=CCCCC1. The Balaban J connectivity index is 2.20. The van der Waals surface area contributed by atoms with Crippen molar-refractivity contribution in [2.24, 2.45) is 11.7 Å². The molecule has 0 bridgehead atoms. The van der Waals surface area contributed by atoms with Crippen molar-refractivity contribution in [2.75, 3.05) is 11.5 Å². The highest BCUT2D eigenvalue weighted by Crippen LogP contribution is 2.21. The molecule has 1 nitrogen and oxygen atoms in total. The molecule has 82 valence electrons. The monoisotopic (exact) mass is 213 g/mol. The minimum Gasteiger partial charge on any atom is -0.324 e. The van der Waals surface area contributed by atoms with Crippen LogP contribution in [0.25, 0.3) is 0 Å². The van der Waals surface area contributed by atoms with Crippen LogP contribution in [-0.2, 0) is 0 Å². The molecular formula is C12H23NS. The molecule has 0 aromatic rings. The molecule has 2 N–H and O–H groups in total. The van der Waals surface area contributed by atoms with Crippen LogP contribution in [0.5, 0.6) is 0 Å². The third kappa shape index (κ3) is 4.52. The molecule has 0 spiro atoms. The van der Waals surface area contributed by atoms with Gasteiger partial charge in [-0.1, -0.05) is 25.5 Å². The Bertz CT molecular complexity index is 187. The summed E-state index contributed by atoms with van der Waals surface area (Å²) in [6.07, 6.45) is 7.55. The lowest BCUT2D eigenvalue weighted by atomic mass is 9.95. The van der Waals surface area contributed by atoms with Crippen molar-refractivity contribution in [3.05, 3.63) is 11.6 Å². The van der Waals surface area contributed by atoms with Crippen molar-refractivity contribution in [1.82, 2.24) is 0 Å². The lowest BCUT2D eigenvalue weighted by Gasteiger charge is -2.19. The number of hydrogen-bond acceptors (Lipinski definition) is 2. The third-order valence-electron chi connectivity index (χ3n) is 2.55. The lowest BCUT2D eigenvalue weighted by Crippen LogP contribution is -2.26. The van der Waals surface area contributed by atoms with Crippen molar-refractivity contribution in [3.63, 3.8) is 0 Å². The van der Waals surface area contributed by atoms with Crippen molar-refractivity contribution in [2.45, 2.75) is 45.6 Å². The highest BCUT2D eigenvalue weighted by atomic mass is 32.2. The summed E-state index contributed by atoms with van der Waals surface area (Å²) in [5, 5.41) is 0. The molecule has 1 rings (SSSR count). The summed E-state index contributed by atoms with van der Waals surface area (Å²) in [6.45, 7) is 4.52. The maximum absolute atomic E-state index is 6.15. The lowest BCUT2D eigenvalue weighted by molar-refractivity contribution is 0.656. The zero-order valence-corrected chi connectivity index (χ0v) is 10.3. The molecule has 1 aliphatic carbocycles. The average molecular weight is 213 g/mol. The Morgan fingerprint density at radius 3 is 2.71 bits per heavy atom. The number of allylic oxidation sites excluding steroid dienone is 1. The molecule has 1 atom stereocenters. The van der Waals surface area contributed by atoms with Crippen LogP contribution in [0.1, 0.15) is 39.5 Å². The van der Waals surface area contributed by atoms with E-state index in [1.54, 1.807) is 0 Å². The van der Waals surface area contributed by atoms with Crippen molar-refractivity contribution >= 4 is 11.8 Å². The van der Waals surface area contributed by atoms with E-state index in [4.69, 9.17) is 5.73 Å². The topological polar surface area (TPSA) is 26.0 Å². The van der Waals surface area contributed by atoms with Crippen LogP contribution < -0.4 is 5.73 Å². The second-order valence-corrected chi connectivity index (χ2v) is 5.64. The molecule has 2 heteroatoms. The molecule has 0 heterocycles. The minimum atomic E-state index is 0.319. The fourth-order valence-corrected chi connectivity index (χ4v) is 2.81. The van der Waals surface area contributed by atoms with Crippen molar-refractivity contribution in [1.29, 1.82) is 0 Å². The first kappa shape index (κ1) is 12.1. The van der Waals surface area contributed by atoms with E-state index >= 15 is 0 Å².